The first kappa shape index (κ1) is 27.2. The third-order valence-corrected chi connectivity index (χ3v) is 7.24. The van der Waals surface area contributed by atoms with Gasteiger partial charge in [-0.3, -0.25) is 14.4 Å². The van der Waals surface area contributed by atoms with Crippen molar-refractivity contribution in [1.82, 2.24) is 15.5 Å². The molecule has 0 unspecified atom stereocenters. The number of ether oxygens (including phenoxy) is 1. The quantitative estimate of drug-likeness (QED) is 0.583. The number of hydrogen-bond acceptors (Lipinski definition) is 5. The number of alkyl carbamates (subject to hydrolysis) is 1. The predicted molar refractivity (Wildman–Crippen MR) is 134 cm³/mol. The molecule has 3 rings (SSSR count). The molecule has 2 N–H and O–H groups in total. The third-order valence-electron chi connectivity index (χ3n) is 7.24. The van der Waals surface area contributed by atoms with E-state index >= 15 is 0 Å². The number of carbonyl (C=O) groups excluding carboxylic acids is 4. The van der Waals surface area contributed by atoms with Gasteiger partial charge in [-0.1, -0.05) is 31.9 Å². The van der Waals surface area contributed by atoms with E-state index in [1.807, 2.05) is 6.92 Å². The second-order valence-electron chi connectivity index (χ2n) is 11.3. The van der Waals surface area contributed by atoms with Crippen LogP contribution in [0.25, 0.3) is 0 Å². The van der Waals surface area contributed by atoms with Crippen LogP contribution in [0.3, 0.4) is 0 Å². The number of carbonyl (C=O) groups is 4. The molecular formula is C27H43N3O5. The molecule has 2 aliphatic heterocycles. The van der Waals surface area contributed by atoms with Crippen molar-refractivity contribution in [2.75, 3.05) is 13.1 Å². The molecule has 8 heteroatoms. The van der Waals surface area contributed by atoms with Crippen LogP contribution in [0.1, 0.15) is 91.9 Å². The summed E-state index contributed by atoms with van der Waals surface area (Å²) in [4.78, 5) is 54.3. The topological polar surface area (TPSA) is 105 Å². The fourth-order valence-electron chi connectivity index (χ4n) is 5.29. The van der Waals surface area contributed by atoms with E-state index in [0.29, 0.717) is 32.4 Å². The second-order valence-corrected chi connectivity index (χ2v) is 11.3. The Balaban J connectivity index is 1.80. The van der Waals surface area contributed by atoms with E-state index in [2.05, 4.69) is 22.8 Å². The summed E-state index contributed by atoms with van der Waals surface area (Å²) in [5.74, 6) is -0.256. The van der Waals surface area contributed by atoms with E-state index in [1.54, 1.807) is 25.7 Å². The zero-order valence-corrected chi connectivity index (χ0v) is 21.9. The largest absolute Gasteiger partial charge is 0.444 e. The molecule has 0 aromatic carbocycles. The first-order valence-electron chi connectivity index (χ1n) is 13.3. The van der Waals surface area contributed by atoms with Gasteiger partial charge in [0.05, 0.1) is 11.5 Å². The van der Waals surface area contributed by atoms with Crippen molar-refractivity contribution in [3.8, 4) is 0 Å². The Morgan fingerprint density at radius 1 is 1.14 bits per heavy atom. The van der Waals surface area contributed by atoms with E-state index in [1.165, 1.54) is 0 Å². The molecule has 0 radical (unpaired) electrons. The van der Waals surface area contributed by atoms with Crippen molar-refractivity contribution in [3.05, 3.63) is 12.2 Å². The SMILES string of the molecule is CCCNC(=O)[C@]12CC(=O)[C@@H]3CCCN3C(=O)[C@@H](NC(=O)OC(C)(C)C)CCCCC/C=C\[C@@H]1C2. The van der Waals surface area contributed by atoms with E-state index in [9.17, 15) is 19.2 Å². The summed E-state index contributed by atoms with van der Waals surface area (Å²) >= 11 is 0. The minimum absolute atomic E-state index is 0.0491. The molecule has 3 aliphatic rings. The van der Waals surface area contributed by atoms with E-state index in [0.717, 1.165) is 38.5 Å². The molecule has 1 aliphatic carbocycles. The summed E-state index contributed by atoms with van der Waals surface area (Å²) in [7, 11) is 0. The Hall–Kier alpha value is -2.38. The van der Waals surface area contributed by atoms with Gasteiger partial charge < -0.3 is 20.3 Å². The molecule has 1 saturated heterocycles. The minimum atomic E-state index is -0.727. The summed E-state index contributed by atoms with van der Waals surface area (Å²) in [5.41, 5.74) is -1.37. The number of Topliss-reactive ketones (excluding diaryl/α,β-unsaturated/α-hetero) is 1. The lowest BCUT2D eigenvalue weighted by Gasteiger charge is -2.30. The van der Waals surface area contributed by atoms with Crippen LogP contribution < -0.4 is 10.6 Å². The zero-order chi connectivity index (χ0) is 25.6. The van der Waals surface area contributed by atoms with Crippen LogP contribution >= 0.6 is 0 Å². The van der Waals surface area contributed by atoms with Crippen molar-refractivity contribution >= 4 is 23.7 Å². The highest BCUT2D eigenvalue weighted by Crippen LogP contribution is 2.57. The number of fused-ring (bicyclic) bond motifs is 2. The monoisotopic (exact) mass is 489 g/mol. The number of amides is 3. The van der Waals surface area contributed by atoms with Gasteiger partial charge in [-0.25, -0.2) is 4.79 Å². The molecular weight excluding hydrogens is 446 g/mol. The van der Waals surface area contributed by atoms with Gasteiger partial charge in [-0.2, -0.15) is 0 Å². The normalized spacial score (nSPS) is 30.9. The molecule has 0 spiro atoms. The van der Waals surface area contributed by atoms with E-state index in [4.69, 9.17) is 4.74 Å². The molecule has 0 aromatic rings. The summed E-state index contributed by atoms with van der Waals surface area (Å²) in [6.07, 6.45) is 10.7. The van der Waals surface area contributed by atoms with Gasteiger partial charge in [-0.05, 0) is 71.6 Å². The van der Waals surface area contributed by atoms with Crippen molar-refractivity contribution in [3.63, 3.8) is 0 Å². The summed E-state index contributed by atoms with van der Waals surface area (Å²) < 4.78 is 5.40. The molecule has 4 atom stereocenters. The Bertz CT molecular complexity index is 833. The van der Waals surface area contributed by atoms with E-state index < -0.39 is 29.2 Å². The van der Waals surface area contributed by atoms with Gasteiger partial charge in [0.15, 0.2) is 5.78 Å². The molecule has 1 saturated carbocycles. The average molecular weight is 490 g/mol. The fourth-order valence-corrected chi connectivity index (χ4v) is 5.29. The Kier molecular flexibility index (Phi) is 9.00. The highest BCUT2D eigenvalue weighted by atomic mass is 16.6. The first-order chi connectivity index (χ1) is 16.6. The lowest BCUT2D eigenvalue weighted by Crippen LogP contribution is -2.52. The van der Waals surface area contributed by atoms with Crippen molar-refractivity contribution in [1.29, 1.82) is 0 Å². The molecule has 0 bridgehead atoms. The van der Waals surface area contributed by atoms with Crippen LogP contribution in [0.4, 0.5) is 4.79 Å². The number of nitrogens with zero attached hydrogens (tertiary/aromatic N) is 1. The maximum Gasteiger partial charge on any atom is 0.408 e. The van der Waals surface area contributed by atoms with Crippen LogP contribution in [0.2, 0.25) is 0 Å². The fraction of sp³-hybridized carbons (Fsp3) is 0.778. The lowest BCUT2D eigenvalue weighted by atomic mass is 9.91. The van der Waals surface area contributed by atoms with Crippen LogP contribution in [-0.4, -0.2) is 59.4 Å². The van der Waals surface area contributed by atoms with Crippen molar-refractivity contribution < 1.29 is 23.9 Å². The van der Waals surface area contributed by atoms with E-state index in [-0.39, 0.29) is 29.9 Å². The van der Waals surface area contributed by atoms with Crippen LogP contribution in [0.5, 0.6) is 0 Å². The Morgan fingerprint density at radius 2 is 1.91 bits per heavy atom. The molecule has 8 nitrogen and oxygen atoms in total. The molecule has 2 fully saturated rings. The van der Waals surface area contributed by atoms with Gasteiger partial charge in [0, 0.05) is 19.5 Å². The minimum Gasteiger partial charge on any atom is -0.444 e. The second kappa shape index (κ2) is 11.6. The molecule has 35 heavy (non-hydrogen) atoms. The average Bonchev–Trinajstić information content (AvgIpc) is 3.24. The Morgan fingerprint density at radius 3 is 2.63 bits per heavy atom. The van der Waals surface area contributed by atoms with Gasteiger partial charge in [0.25, 0.3) is 0 Å². The maximum atomic E-state index is 13.6. The predicted octanol–water partition coefficient (Wildman–Crippen LogP) is 3.88. The van der Waals surface area contributed by atoms with Gasteiger partial charge >= 0.3 is 6.09 Å². The van der Waals surface area contributed by atoms with Crippen molar-refractivity contribution in [2.45, 2.75) is 110 Å². The van der Waals surface area contributed by atoms with Gasteiger partial charge in [0.1, 0.15) is 11.6 Å². The van der Waals surface area contributed by atoms with Gasteiger partial charge in [-0.15, -0.1) is 0 Å². The van der Waals surface area contributed by atoms with Crippen molar-refractivity contribution in [2.24, 2.45) is 11.3 Å². The molecule has 3 amide bonds. The highest BCUT2D eigenvalue weighted by molar-refractivity contribution is 5.97. The smallest absolute Gasteiger partial charge is 0.408 e. The number of ketones is 1. The maximum absolute atomic E-state index is 13.6. The number of nitrogens with one attached hydrogen (secondary N) is 2. The molecule has 0 aromatic heterocycles. The van der Waals surface area contributed by atoms with Crippen LogP contribution in [0, 0.1) is 11.3 Å². The zero-order valence-electron chi connectivity index (χ0n) is 21.9. The molecule has 196 valence electrons. The lowest BCUT2D eigenvalue weighted by molar-refractivity contribution is -0.140. The standard InChI is InChI=1S/C27H43N3O5/c1-5-15-28-24(33)27-17-19(27)12-9-7-6-8-10-13-20(29-25(34)35-26(2,3)4)23(32)30-16-11-14-21(30)22(31)18-27/h9,12,19-21H,5-8,10-11,13-18H2,1-4H3,(H,28,33)(H,29,34)/b12-9-/t19-,20+,21+,27-/m1/s1. The number of rotatable bonds is 4. The highest BCUT2D eigenvalue weighted by Gasteiger charge is 2.60. The first-order valence-corrected chi connectivity index (χ1v) is 13.3. The van der Waals surface area contributed by atoms with Crippen LogP contribution in [-0.2, 0) is 19.1 Å². The number of allylic oxidation sites excluding steroid dienone is 2. The summed E-state index contributed by atoms with van der Waals surface area (Å²) in [5, 5.41) is 5.77. The Labute approximate surface area is 209 Å². The van der Waals surface area contributed by atoms with Crippen LogP contribution in [0.15, 0.2) is 12.2 Å². The van der Waals surface area contributed by atoms with Gasteiger partial charge in [0.2, 0.25) is 11.8 Å². The summed E-state index contributed by atoms with van der Waals surface area (Å²) in [6.45, 7) is 8.44. The third kappa shape index (κ3) is 7.07. The summed E-state index contributed by atoms with van der Waals surface area (Å²) in [6, 6.07) is -1.27. The molecule has 2 heterocycles. The number of hydrogen-bond donors (Lipinski definition) is 2.